The van der Waals surface area contributed by atoms with Gasteiger partial charge in [-0.15, -0.1) is 10.2 Å². The molecule has 10 heteroatoms. The minimum atomic E-state index is -4.37. The number of carbonyl (C=O) groups is 1. The Balaban J connectivity index is 1.52. The van der Waals surface area contributed by atoms with Crippen molar-refractivity contribution in [3.8, 4) is 0 Å². The number of hydrogen-bond acceptors (Lipinski definition) is 4. The molecule has 0 spiro atoms. The van der Waals surface area contributed by atoms with Crippen LogP contribution < -0.4 is 5.32 Å². The molecule has 2 N–H and O–H groups in total. The highest BCUT2D eigenvalue weighted by Crippen LogP contribution is 2.42. The third-order valence-electron chi connectivity index (χ3n) is 5.03. The van der Waals surface area contributed by atoms with Crippen LogP contribution in [0.2, 0.25) is 0 Å². The average Bonchev–Trinajstić information content (AvgIpc) is 3.23. The SMILES string of the molecule is Cc1nnc2n1C(C(=O)NC1Cc3[nH]ncc3C(C(F)(F)F)C1)CC2. The van der Waals surface area contributed by atoms with Crippen LogP contribution in [-0.2, 0) is 17.6 Å². The minimum Gasteiger partial charge on any atom is -0.351 e. The van der Waals surface area contributed by atoms with Crippen LogP contribution in [0.4, 0.5) is 13.2 Å². The van der Waals surface area contributed by atoms with Crippen molar-refractivity contribution in [3.63, 3.8) is 0 Å². The third-order valence-corrected chi connectivity index (χ3v) is 5.03. The lowest BCUT2D eigenvalue weighted by Gasteiger charge is -2.31. The summed E-state index contributed by atoms with van der Waals surface area (Å²) in [7, 11) is 0. The predicted molar refractivity (Wildman–Crippen MR) is 79.8 cm³/mol. The van der Waals surface area contributed by atoms with Crippen LogP contribution in [0.3, 0.4) is 0 Å². The number of amides is 1. The van der Waals surface area contributed by atoms with Crippen LogP contribution >= 0.6 is 0 Å². The minimum absolute atomic E-state index is 0.177. The first-order valence-corrected chi connectivity index (χ1v) is 8.14. The van der Waals surface area contributed by atoms with Gasteiger partial charge in [0.05, 0.1) is 12.1 Å². The van der Waals surface area contributed by atoms with Crippen molar-refractivity contribution in [2.45, 2.75) is 56.8 Å². The standard InChI is InChI=1S/C15H17F3N6O/c1-7-21-23-13-3-2-12(24(7)13)14(25)20-8-4-10(15(16,17)18)9-6-19-22-11(9)5-8/h6,8,10,12H,2-5H2,1H3,(H,19,22)(H,20,25). The van der Waals surface area contributed by atoms with Gasteiger partial charge in [0.15, 0.2) is 0 Å². The van der Waals surface area contributed by atoms with E-state index in [-0.39, 0.29) is 17.9 Å². The van der Waals surface area contributed by atoms with Crippen LogP contribution in [0, 0.1) is 6.92 Å². The topological polar surface area (TPSA) is 88.5 Å². The number of halogens is 3. The predicted octanol–water partition coefficient (Wildman–Crippen LogP) is 1.57. The lowest BCUT2D eigenvalue weighted by Crippen LogP contribution is -2.44. The second-order valence-corrected chi connectivity index (χ2v) is 6.63. The van der Waals surface area contributed by atoms with E-state index in [1.54, 1.807) is 11.5 Å². The Morgan fingerprint density at radius 2 is 2.20 bits per heavy atom. The number of hydrogen-bond donors (Lipinski definition) is 2. The number of alkyl halides is 3. The van der Waals surface area contributed by atoms with Gasteiger partial charge in [-0.3, -0.25) is 9.89 Å². The molecule has 0 radical (unpaired) electrons. The molecule has 4 rings (SSSR count). The summed E-state index contributed by atoms with van der Waals surface area (Å²) in [6.45, 7) is 1.76. The van der Waals surface area contributed by atoms with Crippen LogP contribution in [-0.4, -0.2) is 43.1 Å². The summed E-state index contributed by atoms with van der Waals surface area (Å²) in [4.78, 5) is 12.6. The highest BCUT2D eigenvalue weighted by Gasteiger charge is 2.46. The average molecular weight is 354 g/mol. The van der Waals surface area contributed by atoms with Gasteiger partial charge in [0, 0.05) is 30.1 Å². The van der Waals surface area contributed by atoms with Gasteiger partial charge in [0.2, 0.25) is 5.91 Å². The summed E-state index contributed by atoms with van der Waals surface area (Å²) >= 11 is 0. The fourth-order valence-electron chi connectivity index (χ4n) is 3.88. The zero-order valence-electron chi connectivity index (χ0n) is 13.5. The summed E-state index contributed by atoms with van der Waals surface area (Å²) in [5.74, 6) is -0.516. The lowest BCUT2D eigenvalue weighted by molar-refractivity contribution is -0.155. The van der Waals surface area contributed by atoms with Crippen LogP contribution in [0.25, 0.3) is 0 Å². The Kier molecular flexibility index (Phi) is 3.58. The molecule has 0 aromatic carbocycles. The zero-order chi connectivity index (χ0) is 17.8. The van der Waals surface area contributed by atoms with Crippen LogP contribution in [0.15, 0.2) is 6.20 Å². The molecular formula is C15H17F3N6O. The molecule has 2 aliphatic rings. The number of nitrogens with one attached hydrogen (secondary N) is 2. The van der Waals surface area contributed by atoms with Gasteiger partial charge in [-0.1, -0.05) is 0 Å². The second-order valence-electron chi connectivity index (χ2n) is 6.63. The van der Waals surface area contributed by atoms with Crippen molar-refractivity contribution in [1.29, 1.82) is 0 Å². The summed E-state index contributed by atoms with van der Waals surface area (Å²) in [6.07, 6.45) is -1.78. The molecule has 1 amide bonds. The molecule has 0 fully saturated rings. The van der Waals surface area contributed by atoms with Crippen molar-refractivity contribution >= 4 is 5.91 Å². The molecule has 1 aliphatic heterocycles. The summed E-state index contributed by atoms with van der Waals surface area (Å²) in [6, 6.07) is -1.05. The van der Waals surface area contributed by atoms with E-state index >= 15 is 0 Å². The molecule has 0 saturated heterocycles. The summed E-state index contributed by atoms with van der Waals surface area (Å²) < 4.78 is 41.8. The zero-order valence-corrected chi connectivity index (χ0v) is 13.5. The maximum Gasteiger partial charge on any atom is 0.395 e. The lowest BCUT2D eigenvalue weighted by atomic mass is 9.83. The molecule has 25 heavy (non-hydrogen) atoms. The maximum atomic E-state index is 13.3. The number of carbonyl (C=O) groups excluding carboxylic acids is 1. The molecule has 0 bridgehead atoms. The Morgan fingerprint density at radius 3 is 2.96 bits per heavy atom. The quantitative estimate of drug-likeness (QED) is 0.857. The van der Waals surface area contributed by atoms with Crippen LogP contribution in [0.1, 0.15) is 47.7 Å². The molecule has 7 nitrogen and oxygen atoms in total. The second kappa shape index (κ2) is 5.57. The van der Waals surface area contributed by atoms with E-state index in [1.807, 2.05) is 0 Å². The first-order chi connectivity index (χ1) is 11.8. The van der Waals surface area contributed by atoms with Gasteiger partial charge in [0.25, 0.3) is 0 Å². The first-order valence-electron chi connectivity index (χ1n) is 8.14. The van der Waals surface area contributed by atoms with Crippen molar-refractivity contribution in [3.05, 3.63) is 29.1 Å². The summed E-state index contributed by atoms with van der Waals surface area (Å²) in [5, 5.41) is 17.1. The van der Waals surface area contributed by atoms with E-state index < -0.39 is 24.2 Å². The van der Waals surface area contributed by atoms with Gasteiger partial charge in [-0.2, -0.15) is 18.3 Å². The Labute approximate surface area is 141 Å². The van der Waals surface area contributed by atoms with E-state index in [4.69, 9.17) is 0 Å². The third kappa shape index (κ3) is 2.69. The number of nitrogens with zero attached hydrogens (tertiary/aromatic N) is 4. The normalized spacial score (nSPS) is 25.5. The largest absolute Gasteiger partial charge is 0.395 e. The maximum absolute atomic E-state index is 13.3. The first kappa shape index (κ1) is 16.1. The number of fused-ring (bicyclic) bond motifs is 2. The highest BCUT2D eigenvalue weighted by molar-refractivity contribution is 5.81. The molecular weight excluding hydrogens is 337 g/mol. The van der Waals surface area contributed by atoms with Crippen molar-refractivity contribution in [2.24, 2.45) is 0 Å². The van der Waals surface area contributed by atoms with E-state index in [2.05, 4.69) is 25.7 Å². The Morgan fingerprint density at radius 1 is 1.40 bits per heavy atom. The van der Waals surface area contributed by atoms with E-state index in [1.165, 1.54) is 6.20 Å². The van der Waals surface area contributed by atoms with Crippen molar-refractivity contribution < 1.29 is 18.0 Å². The van der Waals surface area contributed by atoms with E-state index in [9.17, 15) is 18.0 Å². The van der Waals surface area contributed by atoms with Crippen molar-refractivity contribution in [2.75, 3.05) is 0 Å². The number of aromatic nitrogens is 5. The fourth-order valence-corrected chi connectivity index (χ4v) is 3.88. The summed E-state index contributed by atoms with van der Waals surface area (Å²) in [5.41, 5.74) is 0.613. The smallest absolute Gasteiger partial charge is 0.351 e. The molecule has 3 atom stereocenters. The molecule has 1 aliphatic carbocycles. The molecule has 3 heterocycles. The molecule has 2 aromatic heterocycles. The number of H-pyrrole nitrogens is 1. The van der Waals surface area contributed by atoms with Gasteiger partial charge >= 0.3 is 6.18 Å². The molecule has 2 aromatic rings. The Hall–Kier alpha value is -2.39. The number of aromatic amines is 1. The highest BCUT2D eigenvalue weighted by atomic mass is 19.4. The molecule has 134 valence electrons. The molecule has 0 saturated carbocycles. The van der Waals surface area contributed by atoms with E-state index in [0.717, 1.165) is 5.82 Å². The van der Waals surface area contributed by atoms with Gasteiger partial charge in [-0.25, -0.2) is 0 Å². The van der Waals surface area contributed by atoms with Crippen molar-refractivity contribution in [1.82, 2.24) is 30.3 Å². The van der Waals surface area contributed by atoms with Crippen LogP contribution in [0.5, 0.6) is 0 Å². The number of aryl methyl sites for hydroxylation is 2. The van der Waals surface area contributed by atoms with Gasteiger partial charge < -0.3 is 9.88 Å². The molecule has 3 unspecified atom stereocenters. The van der Waals surface area contributed by atoms with E-state index in [0.29, 0.717) is 30.8 Å². The van der Waals surface area contributed by atoms with Gasteiger partial charge in [-0.05, 0) is 19.8 Å². The Bertz CT molecular complexity index is 811. The fraction of sp³-hybridized carbons (Fsp3) is 0.600. The van der Waals surface area contributed by atoms with Gasteiger partial charge in [0.1, 0.15) is 17.7 Å². The monoisotopic (exact) mass is 354 g/mol. The number of rotatable bonds is 2.